The zero-order chi connectivity index (χ0) is 13.4. The Balaban J connectivity index is 2.53. The molecule has 0 atom stereocenters. The Morgan fingerprint density at radius 3 is 2.63 bits per heavy atom. The van der Waals surface area contributed by atoms with Crippen molar-refractivity contribution in [3.8, 4) is 17.4 Å². The van der Waals surface area contributed by atoms with E-state index in [0.29, 0.717) is 22.4 Å². The molecule has 5 heteroatoms. The predicted octanol–water partition coefficient (Wildman–Crippen LogP) is 2.51. The molecule has 0 spiro atoms. The minimum atomic E-state index is 0.0939. The number of ether oxygens (including phenoxy) is 2. The Kier molecular flexibility index (Phi) is 2.59. The second-order valence-corrected chi connectivity index (χ2v) is 4.09. The molecule has 1 N–H and O–H groups in total. The first-order valence-electron chi connectivity index (χ1n) is 5.73. The van der Waals surface area contributed by atoms with E-state index < -0.39 is 0 Å². The molecule has 0 amide bonds. The van der Waals surface area contributed by atoms with Crippen molar-refractivity contribution in [2.24, 2.45) is 0 Å². The molecule has 0 fully saturated rings. The van der Waals surface area contributed by atoms with Crippen molar-refractivity contribution < 1.29 is 14.6 Å². The Bertz CT molecular complexity index is 771. The number of benzene rings is 1. The van der Waals surface area contributed by atoms with Gasteiger partial charge in [-0.2, -0.15) is 0 Å². The van der Waals surface area contributed by atoms with Crippen molar-refractivity contribution in [3.05, 3.63) is 30.6 Å². The summed E-state index contributed by atoms with van der Waals surface area (Å²) in [4.78, 5) is 8.38. The number of rotatable bonds is 2. The Morgan fingerprint density at radius 1 is 1.05 bits per heavy atom. The van der Waals surface area contributed by atoms with Crippen molar-refractivity contribution in [1.82, 2.24) is 9.97 Å². The zero-order valence-corrected chi connectivity index (χ0v) is 10.5. The molecule has 0 aliphatic carbocycles. The number of aromatic hydroxyl groups is 1. The molecule has 2 heterocycles. The van der Waals surface area contributed by atoms with Crippen molar-refractivity contribution in [2.75, 3.05) is 14.2 Å². The zero-order valence-electron chi connectivity index (χ0n) is 10.5. The molecule has 0 saturated heterocycles. The average Bonchev–Trinajstić information content (AvgIpc) is 2.45. The fourth-order valence-electron chi connectivity index (χ4n) is 2.16. The molecule has 0 saturated carbocycles. The van der Waals surface area contributed by atoms with E-state index >= 15 is 0 Å². The van der Waals surface area contributed by atoms with Crippen LogP contribution in [0.15, 0.2) is 30.6 Å². The molecule has 0 unspecified atom stereocenters. The van der Waals surface area contributed by atoms with Gasteiger partial charge in [-0.25, -0.2) is 4.98 Å². The van der Waals surface area contributed by atoms with Gasteiger partial charge in [-0.1, -0.05) is 0 Å². The molecule has 19 heavy (non-hydrogen) atoms. The van der Waals surface area contributed by atoms with Crippen LogP contribution in [0.3, 0.4) is 0 Å². The summed E-state index contributed by atoms with van der Waals surface area (Å²) in [6.45, 7) is 0. The molecular formula is C14H12N2O3. The van der Waals surface area contributed by atoms with Crippen LogP contribution in [-0.2, 0) is 0 Å². The van der Waals surface area contributed by atoms with E-state index in [2.05, 4.69) is 9.97 Å². The Hall–Kier alpha value is -2.56. The molecule has 5 nitrogen and oxygen atoms in total. The van der Waals surface area contributed by atoms with E-state index in [0.717, 1.165) is 10.9 Å². The minimum absolute atomic E-state index is 0.0939. The number of hydrogen-bond acceptors (Lipinski definition) is 5. The highest BCUT2D eigenvalue weighted by Crippen LogP contribution is 2.36. The third kappa shape index (κ3) is 1.71. The van der Waals surface area contributed by atoms with Gasteiger partial charge in [0.2, 0.25) is 5.88 Å². The lowest BCUT2D eigenvalue weighted by Crippen LogP contribution is -1.93. The van der Waals surface area contributed by atoms with E-state index in [1.807, 2.05) is 18.2 Å². The molecule has 0 bridgehead atoms. The van der Waals surface area contributed by atoms with Crippen LogP contribution in [0.2, 0.25) is 0 Å². The smallest absolute Gasteiger partial charge is 0.223 e. The van der Waals surface area contributed by atoms with Crippen molar-refractivity contribution in [2.45, 2.75) is 0 Å². The van der Waals surface area contributed by atoms with Gasteiger partial charge in [-0.3, -0.25) is 4.98 Å². The van der Waals surface area contributed by atoms with Crippen molar-refractivity contribution >= 4 is 21.7 Å². The highest BCUT2D eigenvalue weighted by Gasteiger charge is 2.13. The van der Waals surface area contributed by atoms with E-state index in [1.54, 1.807) is 20.4 Å². The third-order valence-electron chi connectivity index (χ3n) is 3.04. The Morgan fingerprint density at radius 2 is 1.89 bits per heavy atom. The number of nitrogens with zero attached hydrogens (tertiary/aromatic N) is 2. The van der Waals surface area contributed by atoms with E-state index in [-0.39, 0.29) is 5.75 Å². The van der Waals surface area contributed by atoms with Crippen LogP contribution < -0.4 is 9.47 Å². The topological polar surface area (TPSA) is 64.5 Å². The van der Waals surface area contributed by atoms with Gasteiger partial charge >= 0.3 is 0 Å². The molecule has 0 radical (unpaired) electrons. The lowest BCUT2D eigenvalue weighted by Gasteiger charge is -2.10. The fraction of sp³-hybridized carbons (Fsp3) is 0.143. The Labute approximate surface area is 109 Å². The number of fused-ring (bicyclic) bond motifs is 3. The van der Waals surface area contributed by atoms with Crippen LogP contribution in [0.5, 0.6) is 17.4 Å². The van der Waals surface area contributed by atoms with Gasteiger partial charge in [0.1, 0.15) is 11.5 Å². The molecule has 1 aromatic carbocycles. The van der Waals surface area contributed by atoms with Gasteiger partial charge in [-0.05, 0) is 18.2 Å². The van der Waals surface area contributed by atoms with Gasteiger partial charge in [0.15, 0.2) is 0 Å². The summed E-state index contributed by atoms with van der Waals surface area (Å²) in [7, 11) is 3.14. The molecule has 96 valence electrons. The molecule has 0 aliphatic heterocycles. The van der Waals surface area contributed by atoms with Crippen LogP contribution in [0, 0.1) is 0 Å². The van der Waals surface area contributed by atoms with Gasteiger partial charge in [0.25, 0.3) is 0 Å². The standard InChI is InChI=1S/C14H12N2O3/c1-18-8-3-4-11-9(5-8)13-10(14(16-11)19-2)6-15-7-12(13)17/h3-7,17H,1-2H3. The summed E-state index contributed by atoms with van der Waals surface area (Å²) in [5, 5.41) is 12.2. The lowest BCUT2D eigenvalue weighted by atomic mass is 10.1. The number of hydrogen-bond donors (Lipinski definition) is 1. The van der Waals surface area contributed by atoms with E-state index in [1.165, 1.54) is 6.20 Å². The second-order valence-electron chi connectivity index (χ2n) is 4.09. The minimum Gasteiger partial charge on any atom is -0.506 e. The van der Waals surface area contributed by atoms with E-state index in [9.17, 15) is 5.11 Å². The normalized spacial score (nSPS) is 10.8. The van der Waals surface area contributed by atoms with E-state index in [4.69, 9.17) is 9.47 Å². The predicted molar refractivity (Wildman–Crippen MR) is 71.8 cm³/mol. The maximum Gasteiger partial charge on any atom is 0.223 e. The van der Waals surface area contributed by atoms with Crippen LogP contribution >= 0.6 is 0 Å². The van der Waals surface area contributed by atoms with Gasteiger partial charge in [-0.15, -0.1) is 0 Å². The number of pyridine rings is 2. The first kappa shape index (κ1) is 11.5. The summed E-state index contributed by atoms with van der Waals surface area (Å²) in [5.74, 6) is 1.24. The molecule has 3 rings (SSSR count). The monoisotopic (exact) mass is 256 g/mol. The molecule has 2 aromatic heterocycles. The second kappa shape index (κ2) is 4.28. The fourth-order valence-corrected chi connectivity index (χ4v) is 2.16. The quantitative estimate of drug-likeness (QED) is 0.714. The number of methoxy groups -OCH3 is 2. The van der Waals surface area contributed by atoms with Crippen molar-refractivity contribution in [3.63, 3.8) is 0 Å². The third-order valence-corrected chi connectivity index (χ3v) is 3.04. The first-order chi connectivity index (χ1) is 9.24. The highest BCUT2D eigenvalue weighted by atomic mass is 16.5. The first-order valence-corrected chi connectivity index (χ1v) is 5.73. The van der Waals surface area contributed by atoms with Crippen LogP contribution in [0.4, 0.5) is 0 Å². The summed E-state index contributed by atoms with van der Waals surface area (Å²) in [6.07, 6.45) is 3.03. The van der Waals surface area contributed by atoms with Gasteiger partial charge in [0, 0.05) is 17.0 Å². The van der Waals surface area contributed by atoms with Crippen LogP contribution in [0.1, 0.15) is 0 Å². The van der Waals surface area contributed by atoms with Crippen LogP contribution in [-0.4, -0.2) is 29.3 Å². The number of aromatic nitrogens is 2. The summed E-state index contributed by atoms with van der Waals surface area (Å²) >= 11 is 0. The highest BCUT2D eigenvalue weighted by molar-refractivity contribution is 6.10. The summed E-state index contributed by atoms with van der Waals surface area (Å²) in [6, 6.07) is 5.48. The van der Waals surface area contributed by atoms with Gasteiger partial charge < -0.3 is 14.6 Å². The lowest BCUT2D eigenvalue weighted by molar-refractivity contribution is 0.404. The maximum absolute atomic E-state index is 10.1. The largest absolute Gasteiger partial charge is 0.506 e. The molecular weight excluding hydrogens is 244 g/mol. The summed E-state index contributed by atoms with van der Waals surface area (Å²) < 4.78 is 10.5. The average molecular weight is 256 g/mol. The summed E-state index contributed by atoms with van der Waals surface area (Å²) in [5.41, 5.74) is 0.728. The van der Waals surface area contributed by atoms with Crippen LogP contribution in [0.25, 0.3) is 21.7 Å². The molecule has 3 aromatic rings. The van der Waals surface area contributed by atoms with Crippen molar-refractivity contribution in [1.29, 1.82) is 0 Å². The molecule has 0 aliphatic rings. The van der Waals surface area contributed by atoms with Gasteiger partial charge in [0.05, 0.1) is 31.3 Å². The SMILES string of the molecule is COc1ccc2nc(OC)c3cncc(O)c3c2c1. The maximum atomic E-state index is 10.1.